The standard InChI is InChI=1S/C13H14BrN3O2.C12H11BrN2O.3CH4.CH3.BrH.Mg/c1-16-8-11(9-4-6-10(14)7-5-9)15-12(16)13(18)17(2)19-3;1-8(16)12-14-11(7-15(12)2)9-3-5-10(13)6-4-9;;;;;;/h4-8H,1-3H3;3-7H,1-2H3;3*1H4;1H3;1H;/q;;;;;-1;;+2/p-1. The van der Waals surface area contributed by atoms with E-state index in [1.54, 1.807) is 23.2 Å². The largest absolute Gasteiger partial charge is 2.00 e. The van der Waals surface area contributed by atoms with Gasteiger partial charge in [-0.3, -0.25) is 14.4 Å². The minimum atomic E-state index is -0.284. The molecule has 0 aliphatic heterocycles. The number of carbonyl (C=O) groups is 2. The van der Waals surface area contributed by atoms with E-state index in [2.05, 4.69) is 41.8 Å². The molecule has 12 heteroatoms. The van der Waals surface area contributed by atoms with Gasteiger partial charge < -0.3 is 33.5 Å². The van der Waals surface area contributed by atoms with E-state index in [0.29, 0.717) is 11.6 Å². The van der Waals surface area contributed by atoms with E-state index in [9.17, 15) is 9.59 Å². The summed E-state index contributed by atoms with van der Waals surface area (Å²) in [5.41, 5.74) is 3.53. The molecule has 0 bridgehead atoms. The van der Waals surface area contributed by atoms with Crippen LogP contribution < -0.4 is 17.0 Å². The molecule has 2 aromatic carbocycles. The van der Waals surface area contributed by atoms with Crippen molar-refractivity contribution in [1.82, 2.24) is 24.2 Å². The van der Waals surface area contributed by atoms with Crippen LogP contribution >= 0.6 is 31.9 Å². The van der Waals surface area contributed by atoms with Crippen molar-refractivity contribution in [2.24, 2.45) is 14.1 Å². The van der Waals surface area contributed by atoms with Gasteiger partial charge in [0.2, 0.25) is 5.82 Å². The van der Waals surface area contributed by atoms with Crippen molar-refractivity contribution >= 4 is 66.6 Å². The molecular formula is C29H40Br3MgN5O3. The smallest absolute Gasteiger partial charge is 1.00 e. The first-order valence-corrected chi connectivity index (χ1v) is 12.1. The number of carbonyl (C=O) groups excluding carboxylic acids is 2. The number of hydrogen-bond donors (Lipinski definition) is 0. The predicted octanol–water partition coefficient (Wildman–Crippen LogP) is 4.52. The van der Waals surface area contributed by atoms with Crippen LogP contribution in [-0.4, -0.2) is 73.1 Å². The van der Waals surface area contributed by atoms with E-state index in [0.717, 1.165) is 36.5 Å². The number of halogens is 3. The fourth-order valence-corrected chi connectivity index (χ4v) is 3.73. The first-order valence-electron chi connectivity index (χ1n) is 10.5. The molecule has 4 rings (SSSR count). The molecule has 0 saturated carbocycles. The Balaban J connectivity index is -0.000000294. The molecular weight excluding hydrogens is 730 g/mol. The van der Waals surface area contributed by atoms with Gasteiger partial charge in [-0.1, -0.05) is 78.4 Å². The first kappa shape index (κ1) is 46.1. The van der Waals surface area contributed by atoms with E-state index in [-0.39, 0.29) is 81.4 Å². The van der Waals surface area contributed by atoms with Crippen LogP contribution in [0.15, 0.2) is 69.9 Å². The number of rotatable bonds is 5. The summed E-state index contributed by atoms with van der Waals surface area (Å²) in [6, 6.07) is 15.6. The molecule has 41 heavy (non-hydrogen) atoms. The van der Waals surface area contributed by atoms with Crippen LogP contribution in [0.2, 0.25) is 0 Å². The minimum Gasteiger partial charge on any atom is -1.00 e. The van der Waals surface area contributed by atoms with E-state index >= 15 is 0 Å². The van der Waals surface area contributed by atoms with Crippen LogP contribution in [0.1, 0.15) is 50.4 Å². The van der Waals surface area contributed by atoms with Crippen LogP contribution in [-0.2, 0) is 18.9 Å². The second kappa shape index (κ2) is 20.9. The Labute approximate surface area is 289 Å². The Morgan fingerprint density at radius 1 is 0.780 bits per heavy atom. The summed E-state index contributed by atoms with van der Waals surface area (Å²) in [6.45, 7) is 1.52. The number of aromatic nitrogens is 4. The molecule has 2 aromatic heterocycles. The Morgan fingerprint density at radius 3 is 1.44 bits per heavy atom. The number of hydroxylamine groups is 2. The van der Waals surface area contributed by atoms with Gasteiger partial charge in [0.15, 0.2) is 11.6 Å². The number of hydrogen-bond acceptors (Lipinski definition) is 5. The molecule has 1 amide bonds. The summed E-state index contributed by atoms with van der Waals surface area (Å²) in [6.07, 6.45) is 3.68. The maximum atomic E-state index is 12.0. The zero-order valence-corrected chi connectivity index (χ0v) is 28.2. The molecule has 2 heterocycles. The van der Waals surface area contributed by atoms with Crippen LogP contribution in [0.4, 0.5) is 0 Å². The number of aryl methyl sites for hydroxylation is 2. The van der Waals surface area contributed by atoms with Crippen molar-refractivity contribution in [3.8, 4) is 22.5 Å². The van der Waals surface area contributed by atoms with E-state index in [4.69, 9.17) is 4.84 Å². The molecule has 0 spiro atoms. The van der Waals surface area contributed by atoms with Gasteiger partial charge >= 0.3 is 29.0 Å². The number of ketones is 1. The van der Waals surface area contributed by atoms with Gasteiger partial charge in [0.25, 0.3) is 0 Å². The van der Waals surface area contributed by atoms with Gasteiger partial charge in [-0.15, -0.1) is 0 Å². The molecule has 0 radical (unpaired) electrons. The van der Waals surface area contributed by atoms with Crippen molar-refractivity contribution in [3.05, 3.63) is 88.9 Å². The summed E-state index contributed by atoms with van der Waals surface area (Å²) >= 11 is 6.77. The first-order chi connectivity index (χ1) is 16.6. The fourth-order valence-electron chi connectivity index (χ4n) is 3.20. The average Bonchev–Trinajstić information content (AvgIpc) is 3.42. The molecule has 0 N–H and O–H groups in total. The minimum absolute atomic E-state index is 0. The molecule has 0 unspecified atom stereocenters. The Hall–Kier alpha value is -1.83. The third-order valence-electron chi connectivity index (χ3n) is 5.10. The normalized spacial score (nSPS) is 8.95. The molecule has 0 fully saturated rings. The third-order valence-corrected chi connectivity index (χ3v) is 6.16. The maximum absolute atomic E-state index is 12.0. The molecule has 222 valence electrons. The summed E-state index contributed by atoms with van der Waals surface area (Å²) < 4.78 is 5.47. The van der Waals surface area contributed by atoms with E-state index < -0.39 is 0 Å². The van der Waals surface area contributed by atoms with Crippen LogP contribution in [0.3, 0.4) is 0 Å². The molecule has 0 saturated heterocycles. The summed E-state index contributed by atoms with van der Waals surface area (Å²) in [5, 5.41) is 1.15. The second-order valence-corrected chi connectivity index (χ2v) is 9.51. The van der Waals surface area contributed by atoms with Crippen LogP contribution in [0.25, 0.3) is 22.5 Å². The van der Waals surface area contributed by atoms with Crippen LogP contribution in [0.5, 0.6) is 0 Å². The molecule has 4 aromatic rings. The van der Waals surface area contributed by atoms with Gasteiger partial charge in [0.05, 0.1) is 18.5 Å². The monoisotopic (exact) mass is 767 g/mol. The maximum Gasteiger partial charge on any atom is 2.00 e. The molecule has 0 atom stereocenters. The number of benzene rings is 2. The van der Waals surface area contributed by atoms with E-state index in [1.807, 2.05) is 68.0 Å². The Bertz CT molecular complexity index is 1340. The van der Waals surface area contributed by atoms with E-state index in [1.165, 1.54) is 14.0 Å². The average molecular weight is 771 g/mol. The van der Waals surface area contributed by atoms with Crippen molar-refractivity contribution in [1.29, 1.82) is 0 Å². The Morgan fingerprint density at radius 2 is 1.12 bits per heavy atom. The number of imidazole rings is 2. The predicted molar refractivity (Wildman–Crippen MR) is 174 cm³/mol. The zero-order chi connectivity index (χ0) is 25.7. The van der Waals surface area contributed by atoms with Gasteiger partial charge in [0, 0.05) is 60.5 Å². The third kappa shape index (κ3) is 12.1. The zero-order valence-electron chi connectivity index (χ0n) is 22.1. The van der Waals surface area contributed by atoms with Crippen LogP contribution in [0, 0.1) is 7.43 Å². The molecule has 8 nitrogen and oxygen atoms in total. The fraction of sp³-hybridized carbons (Fsp3) is 0.276. The summed E-state index contributed by atoms with van der Waals surface area (Å²) in [5.74, 6) is 0.513. The number of amides is 1. The summed E-state index contributed by atoms with van der Waals surface area (Å²) in [7, 11) is 6.60. The number of Topliss-reactive ketones (excluding diaryl/α,β-unsaturated/α-hetero) is 1. The van der Waals surface area contributed by atoms with Crippen molar-refractivity contribution in [2.45, 2.75) is 29.2 Å². The van der Waals surface area contributed by atoms with Gasteiger partial charge in [-0.25, -0.2) is 15.0 Å². The molecule has 0 aliphatic rings. The summed E-state index contributed by atoms with van der Waals surface area (Å²) in [4.78, 5) is 36.8. The topological polar surface area (TPSA) is 82.2 Å². The molecule has 0 aliphatic carbocycles. The van der Waals surface area contributed by atoms with Gasteiger partial charge in [-0.2, -0.15) is 0 Å². The van der Waals surface area contributed by atoms with Crippen molar-refractivity contribution < 1.29 is 31.4 Å². The number of nitrogens with zero attached hydrogens (tertiary/aromatic N) is 5. The Kier molecular flexibility index (Phi) is 23.6. The second-order valence-electron chi connectivity index (χ2n) is 7.68. The van der Waals surface area contributed by atoms with Crippen molar-refractivity contribution in [2.75, 3.05) is 14.2 Å². The van der Waals surface area contributed by atoms with Crippen molar-refractivity contribution in [3.63, 3.8) is 0 Å². The SMILES string of the molecule is C.C.C.CC(=O)c1nc(-c2ccc(Br)cc2)cn1C.CON(C)C(=O)c1nc(-c2ccc(Br)cc2)cn1C.[Br-].[CH3-].[Mg+2]. The van der Waals surface area contributed by atoms with Gasteiger partial charge in [-0.05, 0) is 24.3 Å². The quantitative estimate of drug-likeness (QED) is 0.129. The van der Waals surface area contributed by atoms with Gasteiger partial charge in [0.1, 0.15) is 0 Å².